The van der Waals surface area contributed by atoms with Crippen molar-refractivity contribution in [2.45, 2.75) is 26.4 Å². The van der Waals surface area contributed by atoms with E-state index in [0.29, 0.717) is 31.9 Å². The number of aromatic nitrogens is 1. The van der Waals surface area contributed by atoms with Crippen molar-refractivity contribution in [3.8, 4) is 6.07 Å². The highest BCUT2D eigenvalue weighted by molar-refractivity contribution is 5.69. The summed E-state index contributed by atoms with van der Waals surface area (Å²) in [6.45, 7) is 7.36. The minimum Gasteiger partial charge on any atom is -0.444 e. The molecule has 0 aliphatic carbocycles. The fourth-order valence-corrected chi connectivity index (χ4v) is 2.21. The molecule has 22 heavy (non-hydrogen) atoms. The Kier molecular flexibility index (Phi) is 4.50. The number of amides is 1. The summed E-state index contributed by atoms with van der Waals surface area (Å²) in [5.74, 6) is -0.483. The van der Waals surface area contributed by atoms with Gasteiger partial charge in [0.15, 0.2) is 5.69 Å². The van der Waals surface area contributed by atoms with Gasteiger partial charge in [0.25, 0.3) is 0 Å². The van der Waals surface area contributed by atoms with Gasteiger partial charge < -0.3 is 14.5 Å². The summed E-state index contributed by atoms with van der Waals surface area (Å²) < 4.78 is 18.7. The predicted octanol–water partition coefficient (Wildman–Crippen LogP) is 2.15. The maximum Gasteiger partial charge on any atom is 0.410 e. The van der Waals surface area contributed by atoms with Crippen LogP contribution in [0, 0.1) is 17.1 Å². The quantitative estimate of drug-likeness (QED) is 0.795. The Morgan fingerprint density at radius 1 is 1.36 bits per heavy atom. The number of hydrogen-bond donors (Lipinski definition) is 0. The van der Waals surface area contributed by atoms with Crippen molar-refractivity contribution in [1.29, 1.82) is 5.26 Å². The fourth-order valence-electron chi connectivity index (χ4n) is 2.21. The maximum absolute atomic E-state index is 13.3. The Bertz CT molecular complexity index is 599. The first-order valence-electron chi connectivity index (χ1n) is 7.08. The highest BCUT2D eigenvalue weighted by Gasteiger charge is 2.27. The summed E-state index contributed by atoms with van der Waals surface area (Å²) in [6.07, 6.45) is 0.670. The molecule has 2 rings (SSSR count). The van der Waals surface area contributed by atoms with E-state index in [9.17, 15) is 9.18 Å². The fraction of sp³-hybridized carbons (Fsp3) is 0.533. The normalized spacial score (nSPS) is 15.4. The zero-order valence-electron chi connectivity index (χ0n) is 13.0. The van der Waals surface area contributed by atoms with Crippen LogP contribution in [0.3, 0.4) is 0 Å². The first-order valence-corrected chi connectivity index (χ1v) is 7.08. The summed E-state index contributed by atoms with van der Waals surface area (Å²) in [6, 6.07) is 3.26. The monoisotopic (exact) mass is 306 g/mol. The molecular formula is C15H19FN4O2. The molecular weight excluding hydrogens is 287 g/mol. The predicted molar refractivity (Wildman–Crippen MR) is 78.9 cm³/mol. The lowest BCUT2D eigenvalue weighted by Crippen LogP contribution is -2.50. The van der Waals surface area contributed by atoms with E-state index < -0.39 is 11.4 Å². The van der Waals surface area contributed by atoms with Gasteiger partial charge in [-0.2, -0.15) is 5.26 Å². The molecule has 0 N–H and O–H groups in total. The van der Waals surface area contributed by atoms with Gasteiger partial charge in [0, 0.05) is 32.2 Å². The third kappa shape index (κ3) is 3.85. The van der Waals surface area contributed by atoms with Crippen molar-refractivity contribution in [2.75, 3.05) is 31.1 Å². The van der Waals surface area contributed by atoms with Gasteiger partial charge >= 0.3 is 6.09 Å². The van der Waals surface area contributed by atoms with Crippen molar-refractivity contribution in [2.24, 2.45) is 0 Å². The molecule has 0 saturated carbocycles. The van der Waals surface area contributed by atoms with Crippen molar-refractivity contribution in [1.82, 2.24) is 9.88 Å². The number of hydrogen-bond acceptors (Lipinski definition) is 5. The van der Waals surface area contributed by atoms with Crippen molar-refractivity contribution >= 4 is 11.8 Å². The number of pyridine rings is 1. The Hall–Kier alpha value is -2.36. The number of carbonyl (C=O) groups is 1. The van der Waals surface area contributed by atoms with Crippen molar-refractivity contribution in [3.05, 3.63) is 23.8 Å². The van der Waals surface area contributed by atoms with Crippen molar-refractivity contribution < 1.29 is 13.9 Å². The van der Waals surface area contributed by atoms with E-state index in [1.54, 1.807) is 4.90 Å². The summed E-state index contributed by atoms with van der Waals surface area (Å²) >= 11 is 0. The molecule has 1 aliphatic rings. The Labute approximate surface area is 129 Å². The number of nitrogens with zero attached hydrogens (tertiary/aromatic N) is 4. The first-order chi connectivity index (χ1) is 10.3. The van der Waals surface area contributed by atoms with Crippen LogP contribution in [-0.2, 0) is 4.74 Å². The summed E-state index contributed by atoms with van der Waals surface area (Å²) in [7, 11) is 0. The van der Waals surface area contributed by atoms with E-state index in [-0.39, 0.29) is 11.8 Å². The molecule has 6 nitrogen and oxygen atoms in total. The van der Waals surface area contributed by atoms with Crippen LogP contribution in [0.15, 0.2) is 12.3 Å². The van der Waals surface area contributed by atoms with Crippen LogP contribution in [0.4, 0.5) is 14.9 Å². The lowest BCUT2D eigenvalue weighted by Gasteiger charge is -2.36. The molecule has 1 fully saturated rings. The molecule has 0 spiro atoms. The van der Waals surface area contributed by atoms with E-state index in [1.165, 1.54) is 6.07 Å². The molecule has 1 aliphatic heterocycles. The van der Waals surface area contributed by atoms with E-state index >= 15 is 0 Å². The summed E-state index contributed by atoms with van der Waals surface area (Å²) in [5, 5.41) is 9.06. The topological polar surface area (TPSA) is 69.5 Å². The molecule has 0 radical (unpaired) electrons. The largest absolute Gasteiger partial charge is 0.444 e. The van der Waals surface area contributed by atoms with Gasteiger partial charge in [-0.05, 0) is 20.8 Å². The van der Waals surface area contributed by atoms with Crippen LogP contribution in [-0.4, -0.2) is 47.8 Å². The van der Waals surface area contributed by atoms with Crippen LogP contribution in [0.5, 0.6) is 0 Å². The molecule has 1 aromatic rings. The number of anilines is 1. The van der Waals surface area contributed by atoms with Gasteiger partial charge in [-0.1, -0.05) is 0 Å². The SMILES string of the molecule is CC(C)(C)OC(=O)N1CCN(c2cc(F)cnc2C#N)CC1. The minimum atomic E-state index is -0.533. The summed E-state index contributed by atoms with van der Waals surface area (Å²) in [4.78, 5) is 19.3. The molecule has 1 amide bonds. The van der Waals surface area contributed by atoms with Gasteiger partial charge in [0.1, 0.15) is 17.5 Å². The van der Waals surface area contributed by atoms with Gasteiger partial charge in [-0.3, -0.25) is 0 Å². The molecule has 0 bridgehead atoms. The van der Waals surface area contributed by atoms with Crippen LogP contribution < -0.4 is 4.90 Å². The van der Waals surface area contributed by atoms with E-state index in [2.05, 4.69) is 4.98 Å². The van der Waals surface area contributed by atoms with E-state index in [4.69, 9.17) is 10.00 Å². The van der Waals surface area contributed by atoms with Crippen LogP contribution in [0.2, 0.25) is 0 Å². The third-order valence-electron chi connectivity index (χ3n) is 3.21. The molecule has 0 unspecified atom stereocenters. The second-order valence-electron chi connectivity index (χ2n) is 6.09. The van der Waals surface area contributed by atoms with Gasteiger partial charge in [0.05, 0.1) is 11.9 Å². The van der Waals surface area contributed by atoms with Gasteiger partial charge in [-0.15, -0.1) is 0 Å². The lowest BCUT2D eigenvalue weighted by molar-refractivity contribution is 0.0240. The molecule has 7 heteroatoms. The van der Waals surface area contributed by atoms with Gasteiger partial charge in [-0.25, -0.2) is 14.2 Å². The zero-order valence-corrected chi connectivity index (χ0v) is 13.0. The van der Waals surface area contributed by atoms with Crippen LogP contribution in [0.25, 0.3) is 0 Å². The Morgan fingerprint density at radius 3 is 2.55 bits per heavy atom. The zero-order chi connectivity index (χ0) is 16.3. The Balaban J connectivity index is 2.02. The van der Waals surface area contributed by atoms with Gasteiger partial charge in [0.2, 0.25) is 0 Å². The molecule has 0 aromatic carbocycles. The van der Waals surface area contributed by atoms with Crippen LogP contribution >= 0.6 is 0 Å². The van der Waals surface area contributed by atoms with E-state index in [0.717, 1.165) is 6.20 Å². The number of carbonyl (C=O) groups excluding carboxylic acids is 1. The second-order valence-corrected chi connectivity index (χ2v) is 6.09. The van der Waals surface area contributed by atoms with Crippen LogP contribution in [0.1, 0.15) is 26.5 Å². The molecule has 0 atom stereocenters. The smallest absolute Gasteiger partial charge is 0.410 e. The number of ether oxygens (including phenoxy) is 1. The second kappa shape index (κ2) is 6.18. The highest BCUT2D eigenvalue weighted by Crippen LogP contribution is 2.21. The molecule has 1 aromatic heterocycles. The summed E-state index contributed by atoms with van der Waals surface area (Å²) in [5.41, 5.74) is 0.118. The number of halogens is 1. The Morgan fingerprint density at radius 2 is 2.00 bits per heavy atom. The lowest BCUT2D eigenvalue weighted by atomic mass is 10.2. The molecule has 1 saturated heterocycles. The van der Waals surface area contributed by atoms with E-state index in [1.807, 2.05) is 31.7 Å². The minimum absolute atomic E-state index is 0.187. The maximum atomic E-state index is 13.3. The molecule has 118 valence electrons. The number of piperazine rings is 1. The number of rotatable bonds is 1. The standard InChI is InChI=1S/C15H19FN4O2/c1-15(2,3)22-14(21)20-6-4-19(5-7-20)13-8-11(16)10-18-12(13)9-17/h8,10H,4-7H2,1-3H3. The first kappa shape index (κ1) is 16.0. The van der Waals surface area contributed by atoms with Crippen molar-refractivity contribution in [3.63, 3.8) is 0 Å². The number of nitriles is 1. The average Bonchev–Trinajstić information content (AvgIpc) is 2.45. The average molecular weight is 306 g/mol. The third-order valence-corrected chi connectivity index (χ3v) is 3.21. The molecule has 2 heterocycles. The highest BCUT2D eigenvalue weighted by atomic mass is 19.1.